The first-order valence-corrected chi connectivity index (χ1v) is 10.6. The molecule has 0 unspecified atom stereocenters. The third-order valence-electron chi connectivity index (χ3n) is 5.22. The summed E-state index contributed by atoms with van der Waals surface area (Å²) in [5, 5.41) is 8.68. The van der Waals surface area contributed by atoms with Crippen LogP contribution in [0, 0.1) is 5.41 Å². The van der Waals surface area contributed by atoms with E-state index in [0.717, 1.165) is 25.8 Å². The van der Waals surface area contributed by atoms with E-state index in [1.807, 2.05) is 0 Å². The Balaban J connectivity index is 1.83. The number of aliphatic carboxylic acids is 1. The summed E-state index contributed by atoms with van der Waals surface area (Å²) in [5.41, 5.74) is 2.69. The highest BCUT2D eigenvalue weighted by Crippen LogP contribution is 2.32. The highest BCUT2D eigenvalue weighted by Gasteiger charge is 2.22. The maximum Gasteiger partial charge on any atom is 0.303 e. The van der Waals surface area contributed by atoms with Crippen LogP contribution in [0.1, 0.15) is 65.2 Å². The van der Waals surface area contributed by atoms with Gasteiger partial charge in [0.15, 0.2) is 0 Å². The highest BCUT2D eigenvalue weighted by molar-refractivity contribution is 5.66. The number of benzene rings is 2. The highest BCUT2D eigenvalue weighted by atomic mass is 16.4. The van der Waals surface area contributed by atoms with Crippen molar-refractivity contribution in [3.05, 3.63) is 60.7 Å². The van der Waals surface area contributed by atoms with Crippen molar-refractivity contribution in [2.45, 2.75) is 65.2 Å². The fourth-order valence-corrected chi connectivity index (χ4v) is 3.64. The molecule has 1 N–H and O–H groups in total. The lowest BCUT2D eigenvalue weighted by Gasteiger charge is -2.34. The van der Waals surface area contributed by atoms with Gasteiger partial charge in [0.25, 0.3) is 0 Å². The van der Waals surface area contributed by atoms with Crippen LogP contribution in [0.3, 0.4) is 0 Å². The Hall–Kier alpha value is -2.29. The van der Waals surface area contributed by atoms with Gasteiger partial charge in [-0.2, -0.15) is 0 Å². The summed E-state index contributed by atoms with van der Waals surface area (Å²) in [6, 6.07) is 21.2. The zero-order valence-corrected chi connectivity index (χ0v) is 17.4. The van der Waals surface area contributed by atoms with E-state index in [-0.39, 0.29) is 5.41 Å². The smallest absolute Gasteiger partial charge is 0.303 e. The van der Waals surface area contributed by atoms with E-state index >= 15 is 0 Å². The maximum absolute atomic E-state index is 10.5. The molecule has 0 aliphatic rings. The third kappa shape index (κ3) is 8.16. The Morgan fingerprint density at radius 3 is 1.75 bits per heavy atom. The Morgan fingerprint density at radius 2 is 1.25 bits per heavy atom. The van der Waals surface area contributed by atoms with Gasteiger partial charge < -0.3 is 10.0 Å². The molecule has 3 nitrogen and oxygen atoms in total. The molecule has 0 aliphatic heterocycles. The Labute approximate surface area is 170 Å². The first kappa shape index (κ1) is 22.0. The van der Waals surface area contributed by atoms with Crippen LogP contribution in [0.2, 0.25) is 0 Å². The second kappa shape index (κ2) is 11.5. The summed E-state index contributed by atoms with van der Waals surface area (Å²) >= 11 is 0. The molecule has 0 fully saturated rings. The monoisotopic (exact) mass is 381 g/mol. The average molecular weight is 382 g/mol. The lowest BCUT2D eigenvalue weighted by Crippen LogP contribution is -2.31. The zero-order chi connectivity index (χ0) is 20.2. The molecule has 0 amide bonds. The van der Waals surface area contributed by atoms with E-state index in [1.54, 1.807) is 0 Å². The minimum Gasteiger partial charge on any atom is -0.481 e. The van der Waals surface area contributed by atoms with Gasteiger partial charge in [-0.25, -0.2) is 0 Å². The van der Waals surface area contributed by atoms with Gasteiger partial charge in [-0.1, -0.05) is 82.3 Å². The average Bonchev–Trinajstić information content (AvgIpc) is 2.69. The van der Waals surface area contributed by atoms with Crippen LogP contribution < -0.4 is 4.90 Å². The van der Waals surface area contributed by atoms with Crippen LogP contribution in [0.25, 0.3) is 0 Å². The standard InChI is InChI=1S/C25H35NO2/c1-25(2,20-14-6-4-3-5-13-19-24(27)28)21-26(22-15-9-7-10-16-22)23-17-11-8-12-18-23/h7-12,15-18H,3-6,13-14,19-21H2,1-2H3,(H,27,28). The normalized spacial score (nSPS) is 11.4. The quantitative estimate of drug-likeness (QED) is 0.378. The van der Waals surface area contributed by atoms with Gasteiger partial charge in [0, 0.05) is 24.3 Å². The summed E-state index contributed by atoms with van der Waals surface area (Å²) in [4.78, 5) is 13.0. The number of unbranched alkanes of at least 4 members (excludes halogenated alkanes) is 5. The number of carboxylic acids is 1. The summed E-state index contributed by atoms with van der Waals surface area (Å²) in [7, 11) is 0. The van der Waals surface area contributed by atoms with Crippen molar-refractivity contribution >= 4 is 17.3 Å². The Kier molecular flexibility index (Phi) is 9.06. The molecule has 0 heterocycles. The SMILES string of the molecule is CC(C)(CCCCCCCCC(=O)O)CN(c1ccccc1)c1ccccc1. The molecule has 0 spiro atoms. The number of rotatable bonds is 13. The Morgan fingerprint density at radius 1 is 0.786 bits per heavy atom. The van der Waals surface area contributed by atoms with E-state index in [4.69, 9.17) is 5.11 Å². The van der Waals surface area contributed by atoms with Gasteiger partial charge in [-0.15, -0.1) is 0 Å². The molecule has 0 saturated heterocycles. The second-order valence-electron chi connectivity index (χ2n) is 8.44. The van der Waals surface area contributed by atoms with Crippen molar-refractivity contribution in [1.29, 1.82) is 0 Å². The maximum atomic E-state index is 10.5. The molecule has 2 aromatic carbocycles. The number of carbonyl (C=O) groups is 1. The van der Waals surface area contributed by atoms with E-state index < -0.39 is 5.97 Å². The number of hydrogen-bond donors (Lipinski definition) is 1. The number of carboxylic acid groups (broad SMARTS) is 1. The van der Waals surface area contributed by atoms with Gasteiger partial charge in [-0.3, -0.25) is 4.79 Å². The lowest BCUT2D eigenvalue weighted by atomic mass is 9.85. The van der Waals surface area contributed by atoms with Crippen LogP contribution in [-0.4, -0.2) is 17.6 Å². The summed E-state index contributed by atoms with van der Waals surface area (Å²) in [6.45, 7) is 5.71. The van der Waals surface area contributed by atoms with Crippen LogP contribution in [-0.2, 0) is 4.79 Å². The van der Waals surface area contributed by atoms with Crippen molar-refractivity contribution < 1.29 is 9.90 Å². The third-order valence-corrected chi connectivity index (χ3v) is 5.22. The molecule has 3 heteroatoms. The number of anilines is 2. The molecule has 0 atom stereocenters. The molecule has 152 valence electrons. The molecule has 28 heavy (non-hydrogen) atoms. The van der Waals surface area contributed by atoms with Gasteiger partial charge in [0.05, 0.1) is 0 Å². The molecule has 0 radical (unpaired) electrons. The van der Waals surface area contributed by atoms with Crippen molar-refractivity contribution in [1.82, 2.24) is 0 Å². The van der Waals surface area contributed by atoms with Gasteiger partial charge in [-0.05, 0) is 42.5 Å². The first-order chi connectivity index (χ1) is 13.5. The fraction of sp³-hybridized carbons (Fsp3) is 0.480. The minimum absolute atomic E-state index is 0.217. The molecule has 0 aliphatic carbocycles. The molecule has 2 rings (SSSR count). The largest absolute Gasteiger partial charge is 0.481 e. The molecule has 0 saturated carbocycles. The molecular formula is C25H35NO2. The lowest BCUT2D eigenvalue weighted by molar-refractivity contribution is -0.137. The Bertz CT molecular complexity index is 643. The van der Waals surface area contributed by atoms with E-state index in [9.17, 15) is 4.79 Å². The van der Waals surface area contributed by atoms with Crippen LogP contribution in [0.15, 0.2) is 60.7 Å². The topological polar surface area (TPSA) is 40.5 Å². The zero-order valence-electron chi connectivity index (χ0n) is 17.4. The number of para-hydroxylation sites is 2. The van der Waals surface area contributed by atoms with Crippen LogP contribution in [0.4, 0.5) is 11.4 Å². The first-order valence-electron chi connectivity index (χ1n) is 10.6. The number of nitrogens with zero attached hydrogens (tertiary/aromatic N) is 1. The summed E-state index contributed by atoms with van der Waals surface area (Å²) in [5.74, 6) is -0.678. The van der Waals surface area contributed by atoms with Crippen molar-refractivity contribution in [3.8, 4) is 0 Å². The summed E-state index contributed by atoms with van der Waals surface area (Å²) < 4.78 is 0. The molecule has 0 bridgehead atoms. The van der Waals surface area contributed by atoms with E-state index in [2.05, 4.69) is 79.4 Å². The molecular weight excluding hydrogens is 346 g/mol. The number of hydrogen-bond acceptors (Lipinski definition) is 2. The predicted molar refractivity (Wildman–Crippen MR) is 118 cm³/mol. The van der Waals surface area contributed by atoms with Crippen molar-refractivity contribution in [2.24, 2.45) is 5.41 Å². The second-order valence-corrected chi connectivity index (χ2v) is 8.44. The van der Waals surface area contributed by atoms with Crippen LogP contribution in [0.5, 0.6) is 0 Å². The fourth-order valence-electron chi connectivity index (χ4n) is 3.64. The van der Waals surface area contributed by atoms with Gasteiger partial charge in [0.2, 0.25) is 0 Å². The van der Waals surface area contributed by atoms with Crippen LogP contribution >= 0.6 is 0 Å². The van der Waals surface area contributed by atoms with Gasteiger partial charge >= 0.3 is 5.97 Å². The van der Waals surface area contributed by atoms with E-state index in [0.29, 0.717) is 6.42 Å². The van der Waals surface area contributed by atoms with Crippen molar-refractivity contribution in [2.75, 3.05) is 11.4 Å². The van der Waals surface area contributed by atoms with Crippen molar-refractivity contribution in [3.63, 3.8) is 0 Å². The van der Waals surface area contributed by atoms with E-state index in [1.165, 1.54) is 37.1 Å². The predicted octanol–water partition coefficient (Wildman–Crippen LogP) is 7.06. The minimum atomic E-state index is -0.678. The summed E-state index contributed by atoms with van der Waals surface area (Å²) in [6.07, 6.45) is 8.15. The van der Waals surface area contributed by atoms with Gasteiger partial charge in [0.1, 0.15) is 0 Å². The molecule has 0 aromatic heterocycles. The molecule has 2 aromatic rings.